The molecule has 0 unspecified atom stereocenters. The molecule has 0 aliphatic rings. The monoisotopic (exact) mass is 639 g/mol. The second-order valence-corrected chi connectivity index (χ2v) is 12.5. The molecule has 0 atom stereocenters. The van der Waals surface area contributed by atoms with Gasteiger partial charge in [0.1, 0.15) is 0 Å². The Kier molecular flexibility index (Phi) is 6.42. The predicted molar refractivity (Wildman–Crippen MR) is 205 cm³/mol. The summed E-state index contributed by atoms with van der Waals surface area (Å²) in [6.07, 6.45) is 0. The zero-order chi connectivity index (χ0) is 33.0. The van der Waals surface area contributed by atoms with Gasteiger partial charge in [0.05, 0.1) is 27.8 Å². The highest BCUT2D eigenvalue weighted by molar-refractivity contribution is 6.12. The third kappa shape index (κ3) is 4.45. The van der Waals surface area contributed by atoms with Gasteiger partial charge in [0.15, 0.2) is 17.5 Å². The molecule has 0 fully saturated rings. The van der Waals surface area contributed by atoms with E-state index in [-0.39, 0.29) is 0 Å². The van der Waals surface area contributed by atoms with Gasteiger partial charge in [-0.3, -0.25) is 0 Å². The number of hydrogen-bond acceptors (Lipinski definition) is 3. The van der Waals surface area contributed by atoms with Crippen LogP contribution in [0.15, 0.2) is 176 Å². The minimum Gasteiger partial charge on any atom is -0.309 e. The number of benzene rings is 7. The van der Waals surface area contributed by atoms with Gasteiger partial charge in [-0.1, -0.05) is 133 Å². The fourth-order valence-electron chi connectivity index (χ4n) is 7.35. The lowest BCUT2D eigenvalue weighted by atomic mass is 10.1. The van der Waals surface area contributed by atoms with Gasteiger partial charge in [-0.15, -0.1) is 0 Å². The van der Waals surface area contributed by atoms with Gasteiger partial charge < -0.3 is 9.13 Å². The summed E-state index contributed by atoms with van der Waals surface area (Å²) in [6, 6.07) is 61.5. The van der Waals surface area contributed by atoms with Crippen molar-refractivity contribution in [2.45, 2.75) is 0 Å². The van der Waals surface area contributed by atoms with Crippen LogP contribution in [0, 0.1) is 0 Å². The maximum absolute atomic E-state index is 5.12. The molecule has 0 bridgehead atoms. The number of aromatic nitrogens is 5. The lowest BCUT2D eigenvalue weighted by molar-refractivity contribution is 1.06. The van der Waals surface area contributed by atoms with Crippen LogP contribution < -0.4 is 0 Å². The lowest BCUT2D eigenvalue weighted by Crippen LogP contribution is -2.03. The van der Waals surface area contributed by atoms with Crippen LogP contribution in [0.25, 0.3) is 89.2 Å². The van der Waals surface area contributed by atoms with Crippen LogP contribution in [0.2, 0.25) is 0 Å². The van der Waals surface area contributed by atoms with Crippen molar-refractivity contribution in [3.05, 3.63) is 176 Å². The smallest absolute Gasteiger partial charge is 0.166 e. The summed E-state index contributed by atoms with van der Waals surface area (Å²) in [6.45, 7) is 0. The van der Waals surface area contributed by atoms with Crippen LogP contribution in [0.4, 0.5) is 0 Å². The first kappa shape index (κ1) is 28.2. The number of fused-ring (bicyclic) bond motifs is 6. The Hall–Kier alpha value is -6.85. The molecule has 5 nitrogen and oxygen atoms in total. The summed E-state index contributed by atoms with van der Waals surface area (Å²) < 4.78 is 4.74. The van der Waals surface area contributed by atoms with Crippen LogP contribution in [-0.4, -0.2) is 24.1 Å². The van der Waals surface area contributed by atoms with E-state index >= 15 is 0 Å². The number of hydrogen-bond donors (Lipinski definition) is 0. The summed E-state index contributed by atoms with van der Waals surface area (Å²) in [5.74, 6) is 1.90. The molecule has 0 amide bonds. The van der Waals surface area contributed by atoms with Gasteiger partial charge in [-0.25, -0.2) is 15.0 Å². The minimum atomic E-state index is 0.623. The van der Waals surface area contributed by atoms with E-state index in [2.05, 4.69) is 124 Å². The van der Waals surface area contributed by atoms with E-state index in [0.29, 0.717) is 17.5 Å². The van der Waals surface area contributed by atoms with Crippen LogP contribution >= 0.6 is 0 Å². The normalized spacial score (nSPS) is 11.6. The molecule has 0 spiro atoms. The predicted octanol–water partition coefficient (Wildman–Crippen LogP) is 11.1. The SMILES string of the molecule is c1ccc(-c2nc(-c3ccccc3)nc(-c3ccccc3-n3c4ccccc4c4ccc(-n5c6ccccc6c6ccccc65)cc43)n2)cc1. The average molecular weight is 640 g/mol. The van der Waals surface area contributed by atoms with Crippen molar-refractivity contribution in [3.8, 4) is 45.5 Å². The molecule has 3 aromatic heterocycles. The second-order valence-electron chi connectivity index (χ2n) is 12.5. The molecule has 0 aliphatic heterocycles. The van der Waals surface area contributed by atoms with Gasteiger partial charge in [0.2, 0.25) is 0 Å². The Morgan fingerprint density at radius 2 is 0.760 bits per heavy atom. The van der Waals surface area contributed by atoms with Crippen LogP contribution in [-0.2, 0) is 0 Å². The summed E-state index contributed by atoms with van der Waals surface area (Å²) >= 11 is 0. The first-order valence-corrected chi connectivity index (χ1v) is 16.8. The standard InChI is InChI=1S/C45H29N5/c1-3-15-30(16-4-1)43-46-44(31-17-5-2-6-18-31)48-45(47-43)37-22-10-14-26-41(37)50-40-25-13-9-21-35(40)36-28-27-32(29-42(36)50)49-38-23-11-7-19-33(38)34-20-8-12-24-39(34)49/h1-29H. The van der Waals surface area contributed by atoms with Crippen molar-refractivity contribution >= 4 is 43.6 Å². The molecule has 5 heteroatoms. The van der Waals surface area contributed by atoms with Gasteiger partial charge in [0.25, 0.3) is 0 Å². The Bertz CT molecular complexity index is 2760. The third-order valence-electron chi connectivity index (χ3n) is 9.58. The van der Waals surface area contributed by atoms with Crippen molar-refractivity contribution in [1.82, 2.24) is 24.1 Å². The van der Waals surface area contributed by atoms with Crippen molar-refractivity contribution in [2.75, 3.05) is 0 Å². The minimum absolute atomic E-state index is 0.623. The summed E-state index contributed by atoms with van der Waals surface area (Å²) in [5.41, 5.74) is 9.52. The van der Waals surface area contributed by atoms with Crippen molar-refractivity contribution in [3.63, 3.8) is 0 Å². The van der Waals surface area contributed by atoms with E-state index in [1.54, 1.807) is 0 Å². The van der Waals surface area contributed by atoms with Gasteiger partial charge in [-0.05, 0) is 42.5 Å². The number of nitrogens with zero attached hydrogens (tertiary/aromatic N) is 5. The van der Waals surface area contributed by atoms with Crippen LogP contribution in [0.3, 0.4) is 0 Å². The number of para-hydroxylation sites is 4. The highest BCUT2D eigenvalue weighted by atomic mass is 15.1. The second kappa shape index (κ2) is 11.4. The van der Waals surface area contributed by atoms with E-state index in [4.69, 9.17) is 15.0 Å². The molecule has 3 heterocycles. The molecule has 7 aromatic carbocycles. The molecule has 10 aromatic rings. The molecular weight excluding hydrogens is 611 g/mol. The molecule has 0 saturated carbocycles. The van der Waals surface area contributed by atoms with E-state index in [9.17, 15) is 0 Å². The van der Waals surface area contributed by atoms with Crippen molar-refractivity contribution < 1.29 is 0 Å². The maximum Gasteiger partial charge on any atom is 0.166 e. The molecular formula is C45H29N5. The van der Waals surface area contributed by atoms with E-state index in [0.717, 1.165) is 39.1 Å². The summed E-state index contributed by atoms with van der Waals surface area (Å²) in [5, 5.41) is 4.86. The zero-order valence-electron chi connectivity index (χ0n) is 27.0. The van der Waals surface area contributed by atoms with Crippen molar-refractivity contribution in [2.24, 2.45) is 0 Å². The molecule has 0 radical (unpaired) electrons. The van der Waals surface area contributed by atoms with Gasteiger partial charge in [-0.2, -0.15) is 0 Å². The molecule has 234 valence electrons. The highest BCUT2D eigenvalue weighted by Crippen LogP contribution is 2.39. The number of rotatable bonds is 5. The molecule has 10 rings (SSSR count). The maximum atomic E-state index is 5.12. The fourth-order valence-corrected chi connectivity index (χ4v) is 7.35. The van der Waals surface area contributed by atoms with Crippen molar-refractivity contribution in [1.29, 1.82) is 0 Å². The Balaban J connectivity index is 1.25. The summed E-state index contributed by atoms with van der Waals surface area (Å²) in [4.78, 5) is 15.2. The fraction of sp³-hybridized carbons (Fsp3) is 0. The molecule has 50 heavy (non-hydrogen) atoms. The van der Waals surface area contributed by atoms with E-state index in [1.807, 2.05) is 60.7 Å². The topological polar surface area (TPSA) is 48.5 Å². The van der Waals surface area contributed by atoms with E-state index < -0.39 is 0 Å². The largest absolute Gasteiger partial charge is 0.309 e. The molecule has 0 N–H and O–H groups in total. The van der Waals surface area contributed by atoms with E-state index in [1.165, 1.54) is 32.6 Å². The van der Waals surface area contributed by atoms with Gasteiger partial charge >= 0.3 is 0 Å². The van der Waals surface area contributed by atoms with Crippen LogP contribution in [0.1, 0.15) is 0 Å². The van der Waals surface area contributed by atoms with Gasteiger partial charge in [0, 0.05) is 43.9 Å². The first-order valence-electron chi connectivity index (χ1n) is 16.8. The quantitative estimate of drug-likeness (QED) is 0.188. The lowest BCUT2D eigenvalue weighted by Gasteiger charge is -2.15. The molecule has 0 aliphatic carbocycles. The third-order valence-corrected chi connectivity index (χ3v) is 9.58. The Labute approximate surface area is 288 Å². The molecule has 0 saturated heterocycles. The first-order chi connectivity index (χ1) is 24.8. The Morgan fingerprint density at radius 1 is 0.320 bits per heavy atom. The highest BCUT2D eigenvalue weighted by Gasteiger charge is 2.20. The van der Waals surface area contributed by atoms with Crippen LogP contribution in [0.5, 0.6) is 0 Å². The Morgan fingerprint density at radius 3 is 1.34 bits per heavy atom. The summed E-state index contributed by atoms with van der Waals surface area (Å²) in [7, 11) is 0. The average Bonchev–Trinajstić information content (AvgIpc) is 3.71. The zero-order valence-corrected chi connectivity index (χ0v) is 27.0.